The van der Waals surface area contributed by atoms with Crippen LogP contribution in [0.1, 0.15) is 58.8 Å². The molecule has 0 aromatic heterocycles. The normalized spacial score (nSPS) is 37.4. The van der Waals surface area contributed by atoms with Crippen molar-refractivity contribution in [1.82, 2.24) is 14.7 Å². The quantitative estimate of drug-likeness (QED) is 0.580. The van der Waals surface area contributed by atoms with Crippen molar-refractivity contribution < 1.29 is 24.2 Å². The molecule has 0 radical (unpaired) electrons. The summed E-state index contributed by atoms with van der Waals surface area (Å²) in [6.45, 7) is 5.73. The Bertz CT molecular complexity index is 928. The highest BCUT2D eigenvalue weighted by Crippen LogP contribution is 2.57. The number of likely N-dealkylation sites (tertiary alicyclic amines) is 1. The minimum absolute atomic E-state index is 0.0709. The molecule has 5 rings (SSSR count). The van der Waals surface area contributed by atoms with E-state index in [2.05, 4.69) is 0 Å². The van der Waals surface area contributed by atoms with Gasteiger partial charge < -0.3 is 24.5 Å². The van der Waals surface area contributed by atoms with Crippen LogP contribution in [0, 0.1) is 11.8 Å². The standard InChI is InChI=1S/C27H39N3O5/c1-3-14-28-15-7-12-26(2)20(23(28)32)21-24(33)30(17-9-18-31)22-25(34)29(19-10-5-4-6-11-19)16-8-13-27(21,22)35-26/h7-8,12-13,19-22,31H,3-6,9-11,14-18H2,1-2H3/t20-,21-,22?,26+,27-/m0/s1. The predicted molar refractivity (Wildman–Crippen MR) is 130 cm³/mol. The van der Waals surface area contributed by atoms with Crippen LogP contribution in [0.5, 0.6) is 0 Å². The Morgan fingerprint density at radius 3 is 2.43 bits per heavy atom. The maximum Gasteiger partial charge on any atom is 0.249 e. The van der Waals surface area contributed by atoms with Gasteiger partial charge in [0.1, 0.15) is 11.6 Å². The number of hydrogen-bond acceptors (Lipinski definition) is 5. The molecule has 3 amide bonds. The number of aliphatic hydroxyl groups is 1. The van der Waals surface area contributed by atoms with Crippen molar-refractivity contribution in [2.24, 2.45) is 11.8 Å². The first-order valence-electron chi connectivity index (χ1n) is 13.4. The van der Waals surface area contributed by atoms with E-state index in [-0.39, 0.29) is 36.9 Å². The molecule has 8 nitrogen and oxygen atoms in total. The van der Waals surface area contributed by atoms with Gasteiger partial charge in [0.15, 0.2) is 0 Å². The van der Waals surface area contributed by atoms with Crippen molar-refractivity contribution in [3.63, 3.8) is 0 Å². The highest BCUT2D eigenvalue weighted by Gasteiger charge is 2.74. The molecule has 5 atom stereocenters. The minimum Gasteiger partial charge on any atom is -0.396 e. The number of carbonyl (C=O) groups excluding carboxylic acids is 3. The van der Waals surface area contributed by atoms with Gasteiger partial charge in [0.05, 0.1) is 17.4 Å². The summed E-state index contributed by atoms with van der Waals surface area (Å²) in [4.78, 5) is 47.5. The van der Waals surface area contributed by atoms with Crippen molar-refractivity contribution in [3.8, 4) is 0 Å². The van der Waals surface area contributed by atoms with E-state index >= 15 is 0 Å². The Morgan fingerprint density at radius 2 is 1.71 bits per heavy atom. The summed E-state index contributed by atoms with van der Waals surface area (Å²) in [5.74, 6) is -1.83. The molecule has 0 aromatic rings. The summed E-state index contributed by atoms with van der Waals surface area (Å²) in [6, 6.07) is -0.661. The fourth-order valence-corrected chi connectivity index (χ4v) is 7.26. The monoisotopic (exact) mass is 485 g/mol. The van der Waals surface area contributed by atoms with E-state index < -0.39 is 29.1 Å². The van der Waals surface area contributed by atoms with Gasteiger partial charge in [0, 0.05) is 38.8 Å². The maximum absolute atomic E-state index is 14.2. The lowest BCUT2D eigenvalue weighted by atomic mass is 9.74. The van der Waals surface area contributed by atoms with E-state index in [4.69, 9.17) is 4.74 Å². The van der Waals surface area contributed by atoms with Gasteiger partial charge in [-0.2, -0.15) is 0 Å². The Balaban J connectivity index is 1.59. The lowest BCUT2D eigenvalue weighted by molar-refractivity contribution is -0.154. The number of amides is 3. The number of nitrogens with zero attached hydrogens (tertiary/aromatic N) is 3. The predicted octanol–water partition coefficient (Wildman–Crippen LogP) is 1.88. The second kappa shape index (κ2) is 9.36. The highest BCUT2D eigenvalue weighted by molar-refractivity contribution is 6.00. The first-order valence-corrected chi connectivity index (χ1v) is 13.4. The Labute approximate surface area is 207 Å². The molecule has 1 saturated carbocycles. The molecule has 8 heteroatoms. The fraction of sp³-hybridized carbons (Fsp3) is 0.741. The van der Waals surface area contributed by atoms with Crippen molar-refractivity contribution in [2.75, 3.05) is 32.8 Å². The van der Waals surface area contributed by atoms with Crippen molar-refractivity contribution in [3.05, 3.63) is 24.3 Å². The zero-order valence-electron chi connectivity index (χ0n) is 21.0. The fourth-order valence-electron chi connectivity index (χ4n) is 7.26. The molecule has 3 fully saturated rings. The molecule has 1 spiro atoms. The molecule has 0 bridgehead atoms. The van der Waals surface area contributed by atoms with Crippen molar-refractivity contribution >= 4 is 17.7 Å². The lowest BCUT2D eigenvalue weighted by Gasteiger charge is -2.40. The molecule has 1 unspecified atom stereocenters. The number of fused-ring (bicyclic) bond motifs is 2. The molecule has 1 N–H and O–H groups in total. The van der Waals surface area contributed by atoms with Gasteiger partial charge in [-0.3, -0.25) is 14.4 Å². The third-order valence-electron chi connectivity index (χ3n) is 8.74. The smallest absolute Gasteiger partial charge is 0.249 e. The van der Waals surface area contributed by atoms with Crippen LogP contribution in [-0.4, -0.2) is 93.6 Å². The van der Waals surface area contributed by atoms with Gasteiger partial charge in [0.2, 0.25) is 17.7 Å². The lowest BCUT2D eigenvalue weighted by Crippen LogP contribution is -2.57. The van der Waals surface area contributed by atoms with Crippen LogP contribution in [0.3, 0.4) is 0 Å². The summed E-state index contributed by atoms with van der Waals surface area (Å²) in [5.41, 5.74) is -2.16. The van der Waals surface area contributed by atoms with Crippen molar-refractivity contribution in [1.29, 1.82) is 0 Å². The molecule has 2 saturated heterocycles. The van der Waals surface area contributed by atoms with Crippen molar-refractivity contribution in [2.45, 2.75) is 82.1 Å². The number of carbonyl (C=O) groups is 3. The first kappa shape index (κ1) is 24.5. The average Bonchev–Trinajstić information content (AvgIpc) is 3.11. The average molecular weight is 486 g/mol. The maximum atomic E-state index is 14.2. The number of rotatable bonds is 6. The Morgan fingerprint density at radius 1 is 0.971 bits per heavy atom. The van der Waals surface area contributed by atoms with Crippen LogP contribution < -0.4 is 0 Å². The summed E-state index contributed by atoms with van der Waals surface area (Å²) in [6.07, 6.45) is 14.4. The Hall–Kier alpha value is -2.19. The second-order valence-electron chi connectivity index (χ2n) is 11.0. The molecule has 35 heavy (non-hydrogen) atoms. The van der Waals surface area contributed by atoms with Gasteiger partial charge in [-0.1, -0.05) is 50.5 Å². The number of hydrogen-bond donors (Lipinski definition) is 1. The van der Waals surface area contributed by atoms with Crippen LogP contribution in [0.25, 0.3) is 0 Å². The zero-order valence-corrected chi connectivity index (χ0v) is 21.0. The number of aliphatic hydroxyl groups excluding tert-OH is 1. The second-order valence-corrected chi connectivity index (χ2v) is 11.0. The van der Waals surface area contributed by atoms with Gasteiger partial charge in [0.25, 0.3) is 0 Å². The SMILES string of the molecule is CCCN1CC=C[C@@]2(C)O[C@]34C=CCN(C5CCCCC5)C(=O)C3N(CCCO)C(=O)[C@@H]4[C@H]2C1=O. The van der Waals surface area contributed by atoms with Crippen LogP contribution in [0.4, 0.5) is 0 Å². The van der Waals surface area contributed by atoms with E-state index in [9.17, 15) is 19.5 Å². The van der Waals surface area contributed by atoms with Gasteiger partial charge in [-0.05, 0) is 32.6 Å². The minimum atomic E-state index is -1.19. The van der Waals surface area contributed by atoms with E-state index in [1.54, 1.807) is 4.90 Å². The number of ether oxygens (including phenoxy) is 1. The molecular weight excluding hydrogens is 446 g/mol. The van der Waals surface area contributed by atoms with E-state index in [1.807, 2.05) is 48.0 Å². The highest BCUT2D eigenvalue weighted by atomic mass is 16.5. The molecule has 0 aromatic carbocycles. The van der Waals surface area contributed by atoms with Crippen LogP contribution in [-0.2, 0) is 19.1 Å². The first-order chi connectivity index (χ1) is 16.9. The van der Waals surface area contributed by atoms with Crippen LogP contribution in [0.2, 0.25) is 0 Å². The summed E-state index contributed by atoms with van der Waals surface area (Å²) >= 11 is 0. The molecule has 4 heterocycles. The summed E-state index contributed by atoms with van der Waals surface area (Å²) in [5, 5.41) is 9.54. The van der Waals surface area contributed by atoms with Crippen LogP contribution >= 0.6 is 0 Å². The van der Waals surface area contributed by atoms with Gasteiger partial charge >= 0.3 is 0 Å². The summed E-state index contributed by atoms with van der Waals surface area (Å²) in [7, 11) is 0. The third-order valence-corrected chi connectivity index (χ3v) is 8.74. The molecular formula is C27H39N3O5. The zero-order chi connectivity index (χ0) is 24.8. The molecule has 192 valence electrons. The summed E-state index contributed by atoms with van der Waals surface area (Å²) < 4.78 is 6.82. The molecule has 4 aliphatic heterocycles. The molecule has 1 aliphatic carbocycles. The van der Waals surface area contributed by atoms with E-state index in [1.165, 1.54) is 6.42 Å². The third kappa shape index (κ3) is 3.75. The topological polar surface area (TPSA) is 90.4 Å². The van der Waals surface area contributed by atoms with Crippen LogP contribution in [0.15, 0.2) is 24.3 Å². The van der Waals surface area contributed by atoms with E-state index in [0.29, 0.717) is 26.1 Å². The van der Waals surface area contributed by atoms with E-state index in [0.717, 1.165) is 32.1 Å². The van der Waals surface area contributed by atoms with Gasteiger partial charge in [-0.25, -0.2) is 0 Å². The van der Waals surface area contributed by atoms with Gasteiger partial charge in [-0.15, -0.1) is 0 Å². The largest absolute Gasteiger partial charge is 0.396 e. The Kier molecular flexibility index (Phi) is 6.55. The molecule has 5 aliphatic rings.